The van der Waals surface area contributed by atoms with Gasteiger partial charge in [0.1, 0.15) is 96.5 Å². The van der Waals surface area contributed by atoms with E-state index in [9.17, 15) is 4.79 Å². The standard InChI is InChI=1S/C31H66P.C26H24OP.C22H21O2P.C22H48P.C19H18OP.C19H18P/c1-12-15-20-32(21-16-13-2,22-17-14-3)26-29(23-28(5)25-31(9,10)11)19-18-27(4)24-30(6,7)8;1-2-27-22-18-20-26(21-19-22)28(23-12-6-3-7-13-23,24-14-8-4-9-15-24)25-16-10-5-11-17-25;23-22(24)17-10-18-25(19-11-4-1-5-12-19,20-13-6-2-7-14-20)21-15-8-3-9-16-21;1-8-14-17-20(11-4)23(7,21(12-5)18-15-9-2)22(13-6)19-16-10-3;1-20-21(17-11-5-2-6-12-17,18-13-7-3-8-14-18)19-15-9-4-10-16-19;1-20(17-11-5-2-6-12-17,18-13-7-3-8-14-18)19-15-9-4-10-16-19/h27-29H,12-26H2,1-11H3;3-21H,2H2,1H3;1-9,11-16H,10,17-18H2;20-22H,8-19H2,1-7H3;2-16H,1H3;2-16H,1H3/q2*+1;;3*+1/p+1. The van der Waals surface area contributed by atoms with E-state index >= 15 is 0 Å². The minimum atomic E-state index is -2.03. The number of hydrogen-bond acceptors (Lipinski definition) is 3. The number of carbonyl (C=O) groups is 1. The van der Waals surface area contributed by atoms with Crippen LogP contribution in [-0.4, -0.2) is 85.9 Å². The summed E-state index contributed by atoms with van der Waals surface area (Å²) in [5.74, 6) is 2.88. The van der Waals surface area contributed by atoms with Gasteiger partial charge in [0.25, 0.3) is 0 Å². The van der Waals surface area contributed by atoms with Crippen LogP contribution in [0.1, 0.15) is 285 Å². The van der Waals surface area contributed by atoms with Crippen LogP contribution in [-0.2, 0) is 9.32 Å². The zero-order valence-corrected chi connectivity index (χ0v) is 102. The number of hydrogen-bond donors (Lipinski definition) is 1. The minimum Gasteiger partial charge on any atom is -0.494 e. The molecule has 13 rings (SSSR count). The zero-order chi connectivity index (χ0) is 108. The number of rotatable bonds is 53. The molecule has 149 heavy (non-hydrogen) atoms. The second-order valence-electron chi connectivity index (χ2n) is 44.5. The van der Waals surface area contributed by atoms with Crippen LogP contribution in [0.5, 0.6) is 5.75 Å². The van der Waals surface area contributed by atoms with Gasteiger partial charge >= 0.3 is 5.97 Å². The highest BCUT2D eigenvalue weighted by atomic mass is 31.2. The highest BCUT2D eigenvalue weighted by Crippen LogP contribution is 2.73. The van der Waals surface area contributed by atoms with Gasteiger partial charge in [-0.3, -0.25) is 4.79 Å². The van der Waals surface area contributed by atoms with Crippen LogP contribution in [0, 0.1) is 28.6 Å². The number of aliphatic carboxylic acids is 1. The molecule has 6 atom stereocenters. The molecule has 800 valence electrons. The Morgan fingerprint density at radius 1 is 0.302 bits per heavy atom. The fourth-order valence-electron chi connectivity index (χ4n) is 23.6. The average molecular weight is 2120 g/mol. The van der Waals surface area contributed by atoms with Gasteiger partial charge in [0.05, 0.1) is 68.2 Å². The third-order valence-electron chi connectivity index (χ3n) is 30.7. The predicted octanol–water partition coefficient (Wildman–Crippen LogP) is 35.6. The molecule has 0 spiro atoms. The van der Waals surface area contributed by atoms with Crippen molar-refractivity contribution in [3.8, 4) is 5.75 Å². The molecule has 1 N–H and O–H groups in total. The first-order chi connectivity index (χ1) is 72.1. The molecular weight excluding hydrogens is 1920 g/mol. The first-order valence-corrected chi connectivity index (χ1v) is 70.2. The molecule has 0 amide bonds. The van der Waals surface area contributed by atoms with Crippen LogP contribution in [0.2, 0.25) is 0 Å². The van der Waals surface area contributed by atoms with Gasteiger partial charge in [0.2, 0.25) is 7.49 Å². The van der Waals surface area contributed by atoms with E-state index < -0.39 is 49.8 Å². The van der Waals surface area contributed by atoms with Crippen LogP contribution in [0.3, 0.4) is 0 Å². The van der Waals surface area contributed by atoms with E-state index in [4.69, 9.17) is 14.4 Å². The monoisotopic (exact) mass is 2120 g/mol. The number of carboxylic acid groups (broad SMARTS) is 1. The van der Waals surface area contributed by atoms with Crippen LogP contribution in [0.15, 0.2) is 388 Å². The summed E-state index contributed by atoms with van der Waals surface area (Å²) < 4.78 is 11.9. The fourth-order valence-corrected chi connectivity index (χ4v) is 50.6. The lowest BCUT2D eigenvalue weighted by Crippen LogP contribution is -2.38. The molecule has 0 radical (unpaired) electrons. The van der Waals surface area contributed by atoms with Crippen molar-refractivity contribution in [2.75, 3.05) is 57.9 Å². The second kappa shape index (κ2) is 67.4. The maximum Gasteiger partial charge on any atom is 0.303 e. The van der Waals surface area contributed by atoms with Crippen LogP contribution in [0.4, 0.5) is 0 Å². The van der Waals surface area contributed by atoms with Gasteiger partial charge in [-0.05, 0) is 315 Å². The zero-order valence-electron chi connectivity index (χ0n) is 96.2. The van der Waals surface area contributed by atoms with Gasteiger partial charge in [-0.1, -0.05) is 381 Å². The van der Waals surface area contributed by atoms with E-state index in [1.54, 1.807) is 24.6 Å². The molecule has 0 fully saturated rings. The van der Waals surface area contributed by atoms with Crippen molar-refractivity contribution in [1.82, 2.24) is 0 Å². The third kappa shape index (κ3) is 38.1. The summed E-state index contributed by atoms with van der Waals surface area (Å²) in [4.78, 5) is 11.1. The van der Waals surface area contributed by atoms with Crippen molar-refractivity contribution < 1.29 is 19.2 Å². The van der Waals surface area contributed by atoms with Crippen molar-refractivity contribution in [2.45, 2.75) is 302 Å². The molecule has 13 aromatic rings. The number of ether oxygens (including phenoxy) is 1. The van der Waals surface area contributed by atoms with Gasteiger partial charge < -0.3 is 9.84 Å². The lowest BCUT2D eigenvalue weighted by molar-refractivity contribution is -0.137. The van der Waals surface area contributed by atoms with Gasteiger partial charge in [0, 0.05) is 27.6 Å². The Morgan fingerprint density at radius 3 is 0.819 bits per heavy atom. The summed E-state index contributed by atoms with van der Waals surface area (Å²) in [6.07, 6.45) is 41.1. The predicted molar refractivity (Wildman–Crippen MR) is 681 cm³/mol. The van der Waals surface area contributed by atoms with Gasteiger partial charge in [0.15, 0.2) is 0 Å². The Balaban J connectivity index is 0.000000219. The van der Waals surface area contributed by atoms with Crippen molar-refractivity contribution in [3.63, 3.8) is 0 Å². The molecule has 0 aliphatic heterocycles. The lowest BCUT2D eigenvalue weighted by atomic mass is 9.79. The Kier molecular flexibility index (Phi) is 56.9. The summed E-state index contributed by atoms with van der Waals surface area (Å²) in [5.41, 5.74) is 4.03. The topological polar surface area (TPSA) is 55.8 Å². The minimum absolute atomic E-state index is 0.203. The fraction of sp³-hybridized carbons (Fsp3) is 0.432. The molecule has 10 heteroatoms. The molecule has 0 aliphatic rings. The van der Waals surface area contributed by atoms with Crippen LogP contribution in [0.25, 0.3) is 0 Å². The lowest BCUT2D eigenvalue weighted by Gasteiger charge is -2.43. The summed E-state index contributed by atoms with van der Waals surface area (Å²) in [7, 11) is -7.31. The molecule has 0 aromatic heterocycles. The van der Waals surface area contributed by atoms with E-state index in [1.807, 2.05) is 50.4 Å². The van der Waals surface area contributed by atoms with E-state index in [2.05, 4.69) is 483 Å². The number of benzene rings is 13. The molecule has 6 unspecified atom stereocenters. The third-order valence-corrected chi connectivity index (χ3v) is 58.8. The molecule has 0 saturated heterocycles. The largest absolute Gasteiger partial charge is 0.494 e. The Hall–Kier alpha value is -8.33. The summed E-state index contributed by atoms with van der Waals surface area (Å²) in [6.45, 7) is 49.3. The van der Waals surface area contributed by atoms with E-state index in [0.29, 0.717) is 23.9 Å². The Bertz CT molecular complexity index is 5150. The molecule has 0 aliphatic carbocycles. The highest BCUT2D eigenvalue weighted by Gasteiger charge is 2.53. The van der Waals surface area contributed by atoms with Crippen LogP contribution >= 0.6 is 43.8 Å². The summed E-state index contributed by atoms with van der Waals surface area (Å²) in [6, 6.07) is 137. The van der Waals surface area contributed by atoms with Gasteiger partial charge in [-0.2, -0.15) is 0 Å². The average Bonchev–Trinajstić information content (AvgIpc) is 0.735. The number of unbranched alkanes of at least 4 members (excludes halogenated alkanes) is 6. The maximum absolute atomic E-state index is 11.1. The van der Waals surface area contributed by atoms with Crippen LogP contribution < -0.4 is 73.7 Å². The molecule has 13 aromatic carbocycles. The smallest absolute Gasteiger partial charge is 0.303 e. The van der Waals surface area contributed by atoms with E-state index in [0.717, 1.165) is 46.6 Å². The van der Waals surface area contributed by atoms with Crippen molar-refractivity contribution in [1.29, 1.82) is 0 Å². The second-order valence-corrected chi connectivity index (χ2v) is 67.2. The quantitative estimate of drug-likeness (QED) is 0.0386. The van der Waals surface area contributed by atoms with Crippen molar-refractivity contribution in [2.24, 2.45) is 28.6 Å². The molecular formula is C139H196O4P6+6. The molecule has 0 heterocycles. The summed E-state index contributed by atoms with van der Waals surface area (Å²) >= 11 is 0. The summed E-state index contributed by atoms with van der Waals surface area (Å²) in [5, 5.41) is 26.5. The van der Waals surface area contributed by atoms with Gasteiger partial charge in [-0.15, -0.1) is 0 Å². The Morgan fingerprint density at radius 2 is 0.564 bits per heavy atom. The maximum atomic E-state index is 11.1. The molecule has 0 saturated carbocycles. The molecule has 4 nitrogen and oxygen atoms in total. The van der Waals surface area contributed by atoms with Gasteiger partial charge in [-0.25, -0.2) is 4.52 Å². The van der Waals surface area contributed by atoms with Crippen molar-refractivity contribution >= 4 is 119 Å². The number of carboxylic acids is 1. The van der Waals surface area contributed by atoms with Crippen molar-refractivity contribution in [3.05, 3.63) is 388 Å². The first-order valence-electron chi connectivity index (χ1n) is 57.5. The highest BCUT2D eigenvalue weighted by molar-refractivity contribution is 8.01. The van der Waals surface area contributed by atoms with E-state index in [1.165, 1.54) is 217 Å². The SMILES string of the molecule is CCCCC(CC)[P+](C)(C(CC)CCCC)C(CC)CCCC.CCCC[P+](CCCC)(CCCC)CC(CCC(C)CC(C)(C)C)CC(C)CC(C)(C)C.CCOc1ccc([P+](c2ccccc2)(c2ccccc2)c2ccccc2)cc1.CO[P+](c1ccccc1)(c1ccccc1)c1ccccc1.C[P+](c1ccccc1)(c1ccccc1)c1ccccc1.O=C(O)CCC[P+](c1ccccc1)(c1ccccc1)c1ccccc1. The first kappa shape index (κ1) is 126. The van der Waals surface area contributed by atoms with E-state index in [-0.39, 0.29) is 6.42 Å². The normalized spacial score (nSPS) is 13.4. The molecule has 0 bridgehead atoms. The Labute approximate surface area is 913 Å².